The van der Waals surface area contributed by atoms with Crippen LogP contribution in [0.4, 0.5) is 0 Å². The van der Waals surface area contributed by atoms with E-state index in [0.717, 1.165) is 14.5 Å². The van der Waals surface area contributed by atoms with Crippen molar-refractivity contribution in [3.05, 3.63) is 32.7 Å². The number of amidine groups is 1. The summed E-state index contributed by atoms with van der Waals surface area (Å²) in [5.41, 5.74) is 3.53. The lowest BCUT2D eigenvalue weighted by Gasteiger charge is -2.08. The van der Waals surface area contributed by atoms with Gasteiger partial charge in [-0.1, -0.05) is 31.9 Å². The van der Waals surface area contributed by atoms with Gasteiger partial charge in [0.25, 0.3) is 0 Å². The number of hydrogen-bond acceptors (Lipinski definition) is 2. The molecule has 76 valence electrons. The number of nitrogens with two attached hydrogens (primary N) is 1. The highest BCUT2D eigenvalue weighted by Crippen LogP contribution is 2.21. The number of hydrazine groups is 1. The molecule has 0 saturated carbocycles. The van der Waals surface area contributed by atoms with Gasteiger partial charge < -0.3 is 5.43 Å². The first-order valence-corrected chi connectivity index (χ1v) is 5.74. The highest BCUT2D eigenvalue weighted by molar-refractivity contribution is 9.11. The van der Waals surface area contributed by atoms with E-state index in [4.69, 9.17) is 5.84 Å². The second kappa shape index (κ2) is 5.48. The van der Waals surface area contributed by atoms with Gasteiger partial charge in [0.1, 0.15) is 5.84 Å². The Morgan fingerprint density at radius 3 is 2.79 bits per heavy atom. The number of aliphatic imine (C=N–C) groups is 1. The Labute approximate surface area is 100 Å². The highest BCUT2D eigenvalue weighted by atomic mass is 79.9. The molecule has 0 aliphatic carbocycles. The molecule has 1 aromatic carbocycles. The van der Waals surface area contributed by atoms with Gasteiger partial charge in [-0.05, 0) is 25.1 Å². The minimum atomic E-state index is 0.681. The number of nitrogens with zero attached hydrogens (tertiary/aromatic N) is 1. The molecule has 0 fully saturated rings. The lowest BCUT2D eigenvalue weighted by Crippen LogP contribution is -2.31. The zero-order valence-corrected chi connectivity index (χ0v) is 10.9. The monoisotopic (exact) mass is 319 g/mol. The molecule has 0 amide bonds. The number of halogens is 2. The molecule has 5 heteroatoms. The SMILES string of the molecule is CCN=C(NN)c1cc(Br)ccc1Br. The van der Waals surface area contributed by atoms with Crippen LogP contribution in [0.25, 0.3) is 0 Å². The largest absolute Gasteiger partial charge is 0.308 e. The van der Waals surface area contributed by atoms with Crippen LogP contribution in [0, 0.1) is 0 Å². The fourth-order valence-electron chi connectivity index (χ4n) is 1.05. The fraction of sp³-hybridized carbons (Fsp3) is 0.222. The standard InChI is InChI=1S/C9H11Br2N3/c1-2-13-9(14-12)7-5-6(10)3-4-8(7)11/h3-5H,2,12H2,1H3,(H,13,14). The van der Waals surface area contributed by atoms with E-state index in [2.05, 4.69) is 42.3 Å². The maximum atomic E-state index is 5.39. The van der Waals surface area contributed by atoms with E-state index in [0.29, 0.717) is 12.4 Å². The zero-order valence-electron chi connectivity index (χ0n) is 7.72. The van der Waals surface area contributed by atoms with Gasteiger partial charge in [-0.25, -0.2) is 5.84 Å². The molecule has 0 spiro atoms. The molecule has 0 heterocycles. The third-order valence-corrected chi connectivity index (χ3v) is 2.82. The summed E-state index contributed by atoms with van der Waals surface area (Å²) in [6.07, 6.45) is 0. The van der Waals surface area contributed by atoms with Crippen molar-refractivity contribution in [1.29, 1.82) is 0 Å². The molecule has 0 bridgehead atoms. The zero-order chi connectivity index (χ0) is 10.6. The minimum Gasteiger partial charge on any atom is -0.308 e. The molecule has 0 atom stereocenters. The average molecular weight is 321 g/mol. The van der Waals surface area contributed by atoms with E-state index in [1.54, 1.807) is 0 Å². The molecular weight excluding hydrogens is 310 g/mol. The Hall–Kier alpha value is -0.390. The van der Waals surface area contributed by atoms with E-state index >= 15 is 0 Å². The summed E-state index contributed by atoms with van der Waals surface area (Å²) in [7, 11) is 0. The van der Waals surface area contributed by atoms with Crippen LogP contribution in [-0.2, 0) is 0 Å². The van der Waals surface area contributed by atoms with Crippen LogP contribution < -0.4 is 11.3 Å². The van der Waals surface area contributed by atoms with Crippen molar-refractivity contribution >= 4 is 37.7 Å². The summed E-state index contributed by atoms with van der Waals surface area (Å²) < 4.78 is 1.96. The fourth-order valence-corrected chi connectivity index (χ4v) is 1.84. The van der Waals surface area contributed by atoms with E-state index in [9.17, 15) is 0 Å². The average Bonchev–Trinajstić information content (AvgIpc) is 2.18. The van der Waals surface area contributed by atoms with Crippen LogP contribution >= 0.6 is 31.9 Å². The molecule has 1 rings (SSSR count). The van der Waals surface area contributed by atoms with Crippen LogP contribution in [0.3, 0.4) is 0 Å². The quantitative estimate of drug-likeness (QED) is 0.380. The van der Waals surface area contributed by atoms with Gasteiger partial charge in [0, 0.05) is 21.1 Å². The first kappa shape index (κ1) is 11.7. The molecular formula is C9H11Br2N3. The predicted molar refractivity (Wildman–Crippen MR) is 66.2 cm³/mol. The van der Waals surface area contributed by atoms with Crippen LogP contribution in [0.2, 0.25) is 0 Å². The molecule has 3 N–H and O–H groups in total. The summed E-state index contributed by atoms with van der Waals surface area (Å²) in [6.45, 7) is 2.65. The van der Waals surface area contributed by atoms with Crippen LogP contribution in [0.5, 0.6) is 0 Å². The van der Waals surface area contributed by atoms with E-state index in [-0.39, 0.29) is 0 Å². The Kier molecular flexibility index (Phi) is 4.57. The third-order valence-electron chi connectivity index (χ3n) is 1.64. The van der Waals surface area contributed by atoms with Gasteiger partial charge in [0.05, 0.1) is 0 Å². The first-order valence-electron chi connectivity index (χ1n) is 4.15. The van der Waals surface area contributed by atoms with E-state index in [1.165, 1.54) is 0 Å². The molecule has 0 saturated heterocycles. The van der Waals surface area contributed by atoms with Gasteiger partial charge >= 0.3 is 0 Å². The molecule has 1 aromatic rings. The summed E-state index contributed by atoms with van der Waals surface area (Å²) in [6, 6.07) is 5.86. The van der Waals surface area contributed by atoms with Crippen LogP contribution in [0.15, 0.2) is 32.1 Å². The Bertz CT molecular complexity index is 350. The molecule has 0 unspecified atom stereocenters. The van der Waals surface area contributed by atoms with E-state index < -0.39 is 0 Å². The molecule has 0 radical (unpaired) electrons. The van der Waals surface area contributed by atoms with Crippen molar-refractivity contribution in [3.8, 4) is 0 Å². The Balaban J connectivity index is 3.15. The first-order chi connectivity index (χ1) is 6.69. The third kappa shape index (κ3) is 2.80. The topological polar surface area (TPSA) is 50.4 Å². The molecule has 3 nitrogen and oxygen atoms in total. The number of hydrogen-bond donors (Lipinski definition) is 2. The van der Waals surface area contributed by atoms with Crippen LogP contribution in [-0.4, -0.2) is 12.4 Å². The lowest BCUT2D eigenvalue weighted by molar-refractivity contribution is 0.990. The van der Waals surface area contributed by atoms with Crippen molar-refractivity contribution in [2.45, 2.75) is 6.92 Å². The summed E-state index contributed by atoms with van der Waals surface area (Å²) in [4.78, 5) is 4.24. The second-order valence-electron chi connectivity index (χ2n) is 2.59. The van der Waals surface area contributed by atoms with Crippen LogP contribution in [0.1, 0.15) is 12.5 Å². The van der Waals surface area contributed by atoms with Crippen molar-refractivity contribution in [3.63, 3.8) is 0 Å². The van der Waals surface area contributed by atoms with Gasteiger partial charge in [-0.3, -0.25) is 4.99 Å². The summed E-state index contributed by atoms with van der Waals surface area (Å²) in [5.74, 6) is 6.07. The van der Waals surface area contributed by atoms with Gasteiger partial charge in [0.15, 0.2) is 0 Å². The number of rotatable bonds is 2. The molecule has 0 aromatic heterocycles. The van der Waals surface area contributed by atoms with Gasteiger partial charge in [-0.15, -0.1) is 0 Å². The highest BCUT2D eigenvalue weighted by Gasteiger charge is 2.06. The maximum absolute atomic E-state index is 5.39. The molecule has 0 aliphatic rings. The van der Waals surface area contributed by atoms with Gasteiger partial charge in [-0.2, -0.15) is 0 Å². The van der Waals surface area contributed by atoms with Crippen molar-refractivity contribution in [2.75, 3.05) is 6.54 Å². The van der Waals surface area contributed by atoms with E-state index in [1.807, 2.05) is 25.1 Å². The Morgan fingerprint density at radius 1 is 1.50 bits per heavy atom. The lowest BCUT2D eigenvalue weighted by atomic mass is 10.2. The second-order valence-corrected chi connectivity index (χ2v) is 4.36. The van der Waals surface area contributed by atoms with Crippen molar-refractivity contribution < 1.29 is 0 Å². The normalized spacial score (nSPS) is 11.6. The van der Waals surface area contributed by atoms with Crippen molar-refractivity contribution in [1.82, 2.24) is 5.43 Å². The predicted octanol–water partition coefficient (Wildman–Crippen LogP) is 2.44. The molecule has 0 aliphatic heterocycles. The Morgan fingerprint density at radius 2 is 2.21 bits per heavy atom. The van der Waals surface area contributed by atoms with Crippen molar-refractivity contribution in [2.24, 2.45) is 10.8 Å². The maximum Gasteiger partial charge on any atom is 0.143 e. The summed E-state index contributed by atoms with van der Waals surface area (Å²) in [5, 5.41) is 0. The smallest absolute Gasteiger partial charge is 0.143 e. The molecule has 14 heavy (non-hydrogen) atoms. The number of benzene rings is 1. The summed E-state index contributed by atoms with van der Waals surface area (Å²) >= 11 is 6.85. The minimum absolute atomic E-state index is 0.681. The number of nitrogens with one attached hydrogen (secondary N) is 1. The van der Waals surface area contributed by atoms with Gasteiger partial charge in [0.2, 0.25) is 0 Å².